The second-order valence-electron chi connectivity index (χ2n) is 9.78. The van der Waals surface area contributed by atoms with E-state index in [4.69, 9.17) is 4.74 Å². The van der Waals surface area contributed by atoms with E-state index in [1.165, 1.54) is 25.4 Å². The fraction of sp³-hybridized carbons (Fsp3) is 0.583. The van der Waals surface area contributed by atoms with Gasteiger partial charge in [0.2, 0.25) is 5.91 Å². The standard InChI is InChI=1S/C24H36N4O6S/c1-8-17(3)20(26-23(31)34-24(4,5)6)22(30)28-15-18(13-14-25-28)21(29)27(7)35(32,33)19-11-9-16(2)10-12-19/h9-12,14,17-18,20H,8,13,15H2,1-7H3,(H,26,31)/t17?,18?,20-/m0/s1. The summed E-state index contributed by atoms with van der Waals surface area (Å²) in [5.41, 5.74) is 0.160. The van der Waals surface area contributed by atoms with E-state index in [1.54, 1.807) is 32.9 Å². The average Bonchev–Trinajstić information content (AvgIpc) is 2.79. The van der Waals surface area contributed by atoms with E-state index in [1.807, 2.05) is 20.8 Å². The molecule has 0 spiro atoms. The molecule has 0 saturated carbocycles. The maximum atomic E-state index is 13.3. The van der Waals surface area contributed by atoms with Crippen molar-refractivity contribution in [3.63, 3.8) is 0 Å². The minimum atomic E-state index is -4.05. The van der Waals surface area contributed by atoms with Crippen LogP contribution in [0.3, 0.4) is 0 Å². The van der Waals surface area contributed by atoms with Crippen LogP contribution in [0.1, 0.15) is 53.0 Å². The van der Waals surface area contributed by atoms with Crippen LogP contribution >= 0.6 is 0 Å². The number of aryl methyl sites for hydroxylation is 1. The minimum absolute atomic E-state index is 0.00903. The van der Waals surface area contributed by atoms with Crippen LogP contribution < -0.4 is 5.32 Å². The van der Waals surface area contributed by atoms with Crippen molar-refractivity contribution < 1.29 is 27.5 Å². The van der Waals surface area contributed by atoms with E-state index in [9.17, 15) is 22.8 Å². The van der Waals surface area contributed by atoms with Crippen LogP contribution in [0.2, 0.25) is 0 Å². The van der Waals surface area contributed by atoms with Gasteiger partial charge in [0.05, 0.1) is 17.4 Å². The lowest BCUT2D eigenvalue weighted by molar-refractivity contribution is -0.138. The predicted octanol–water partition coefficient (Wildman–Crippen LogP) is 2.92. The van der Waals surface area contributed by atoms with E-state index in [2.05, 4.69) is 10.4 Å². The molecule has 0 bridgehead atoms. The van der Waals surface area contributed by atoms with Gasteiger partial charge in [-0.1, -0.05) is 38.0 Å². The molecule has 2 unspecified atom stereocenters. The molecule has 194 valence electrons. The molecule has 3 atom stereocenters. The number of hydrazone groups is 1. The zero-order chi connectivity index (χ0) is 26.6. The summed E-state index contributed by atoms with van der Waals surface area (Å²) in [5.74, 6) is -2.18. The monoisotopic (exact) mass is 508 g/mol. The van der Waals surface area contributed by atoms with Gasteiger partial charge in [0.15, 0.2) is 0 Å². The SMILES string of the molecule is CCC(C)[C@H](NC(=O)OC(C)(C)C)C(=O)N1CC(C(=O)N(C)S(=O)(=O)c2ccc(C)cc2)CC=N1. The molecule has 35 heavy (non-hydrogen) atoms. The van der Waals surface area contributed by atoms with Crippen LogP contribution in [0.5, 0.6) is 0 Å². The summed E-state index contributed by atoms with van der Waals surface area (Å²) in [6, 6.07) is 5.30. The van der Waals surface area contributed by atoms with Gasteiger partial charge in [-0.05, 0) is 52.2 Å². The molecular formula is C24H36N4O6S. The molecule has 1 heterocycles. The number of carbonyl (C=O) groups excluding carboxylic acids is 3. The first kappa shape index (κ1) is 28.3. The molecule has 0 aromatic heterocycles. The predicted molar refractivity (Wildman–Crippen MR) is 132 cm³/mol. The van der Waals surface area contributed by atoms with Gasteiger partial charge in [0.1, 0.15) is 11.6 Å². The molecule has 1 aromatic rings. The third-order valence-corrected chi connectivity index (χ3v) is 7.52. The van der Waals surface area contributed by atoms with Crippen LogP contribution in [-0.4, -0.2) is 67.1 Å². The molecular weight excluding hydrogens is 472 g/mol. The van der Waals surface area contributed by atoms with Crippen molar-refractivity contribution in [2.45, 2.75) is 70.9 Å². The maximum Gasteiger partial charge on any atom is 0.408 e. The molecule has 2 rings (SSSR count). The van der Waals surface area contributed by atoms with Crippen molar-refractivity contribution in [2.24, 2.45) is 16.9 Å². The number of alkyl carbamates (subject to hydrolysis) is 1. The van der Waals surface area contributed by atoms with E-state index >= 15 is 0 Å². The Hall–Kier alpha value is -2.95. The molecule has 3 amide bonds. The van der Waals surface area contributed by atoms with E-state index in [0.29, 0.717) is 6.42 Å². The van der Waals surface area contributed by atoms with Crippen LogP contribution in [0.15, 0.2) is 34.3 Å². The summed E-state index contributed by atoms with van der Waals surface area (Å²) >= 11 is 0. The summed E-state index contributed by atoms with van der Waals surface area (Å²) in [6.45, 7) is 10.6. The van der Waals surface area contributed by atoms with Crippen LogP contribution in [-0.2, 0) is 24.3 Å². The molecule has 11 heteroatoms. The van der Waals surface area contributed by atoms with Crippen molar-refractivity contribution in [2.75, 3.05) is 13.6 Å². The Balaban J connectivity index is 2.17. The van der Waals surface area contributed by atoms with Crippen molar-refractivity contribution in [3.8, 4) is 0 Å². The maximum absolute atomic E-state index is 13.3. The van der Waals surface area contributed by atoms with Crippen LogP contribution in [0.4, 0.5) is 4.79 Å². The van der Waals surface area contributed by atoms with Crippen molar-refractivity contribution >= 4 is 34.1 Å². The largest absolute Gasteiger partial charge is 0.444 e. The zero-order valence-corrected chi connectivity index (χ0v) is 22.3. The zero-order valence-electron chi connectivity index (χ0n) is 21.4. The van der Waals surface area contributed by atoms with Gasteiger partial charge >= 0.3 is 6.09 Å². The Morgan fingerprint density at radius 2 is 1.83 bits per heavy atom. The molecule has 1 aromatic carbocycles. The van der Waals surface area contributed by atoms with Crippen LogP contribution in [0, 0.1) is 18.8 Å². The van der Waals surface area contributed by atoms with Gasteiger partial charge in [-0.3, -0.25) is 9.59 Å². The first-order chi connectivity index (χ1) is 16.2. The molecule has 1 aliphatic heterocycles. The molecule has 10 nitrogen and oxygen atoms in total. The minimum Gasteiger partial charge on any atom is -0.444 e. The third kappa shape index (κ3) is 7.27. The second-order valence-corrected chi connectivity index (χ2v) is 11.8. The summed E-state index contributed by atoms with van der Waals surface area (Å²) in [5, 5.41) is 7.86. The Labute approximate surface area is 207 Å². The number of amides is 3. The van der Waals surface area contributed by atoms with Gasteiger partial charge in [0, 0.05) is 13.3 Å². The number of hydrogen-bond donors (Lipinski definition) is 1. The molecule has 1 N–H and O–H groups in total. The molecule has 1 aliphatic rings. The number of hydrogen-bond acceptors (Lipinski definition) is 7. The first-order valence-electron chi connectivity index (χ1n) is 11.6. The highest BCUT2D eigenvalue weighted by atomic mass is 32.2. The van der Waals surface area contributed by atoms with E-state index in [-0.39, 0.29) is 23.8 Å². The number of sulfonamides is 1. The van der Waals surface area contributed by atoms with Gasteiger partial charge in [0.25, 0.3) is 15.9 Å². The fourth-order valence-electron chi connectivity index (χ4n) is 3.45. The first-order valence-corrected chi connectivity index (χ1v) is 13.0. The Kier molecular flexibility index (Phi) is 9.05. The number of nitrogens with zero attached hydrogens (tertiary/aromatic N) is 3. The number of benzene rings is 1. The molecule has 0 fully saturated rings. The lowest BCUT2D eigenvalue weighted by Gasteiger charge is -2.33. The summed E-state index contributed by atoms with van der Waals surface area (Å²) in [7, 11) is -2.84. The Bertz CT molecular complexity index is 1060. The normalized spacial score (nSPS) is 17.9. The van der Waals surface area contributed by atoms with E-state index < -0.39 is 45.5 Å². The quantitative estimate of drug-likeness (QED) is 0.604. The fourth-order valence-corrected chi connectivity index (χ4v) is 4.63. The highest BCUT2D eigenvalue weighted by Crippen LogP contribution is 2.22. The van der Waals surface area contributed by atoms with Crippen molar-refractivity contribution in [3.05, 3.63) is 29.8 Å². The lowest BCUT2D eigenvalue weighted by atomic mass is 9.97. The smallest absolute Gasteiger partial charge is 0.408 e. The number of carbonyl (C=O) groups is 3. The van der Waals surface area contributed by atoms with E-state index in [0.717, 1.165) is 14.9 Å². The topological polar surface area (TPSA) is 125 Å². The highest BCUT2D eigenvalue weighted by molar-refractivity contribution is 7.89. The third-order valence-electron chi connectivity index (χ3n) is 5.75. The number of nitrogens with one attached hydrogen (secondary N) is 1. The van der Waals surface area contributed by atoms with Crippen molar-refractivity contribution in [1.82, 2.24) is 14.6 Å². The number of rotatable bonds is 7. The molecule has 0 aliphatic carbocycles. The summed E-state index contributed by atoms with van der Waals surface area (Å²) < 4.78 is 31.9. The van der Waals surface area contributed by atoms with Crippen molar-refractivity contribution in [1.29, 1.82) is 0 Å². The molecule has 0 radical (unpaired) electrons. The van der Waals surface area contributed by atoms with Gasteiger partial charge in [-0.2, -0.15) is 5.10 Å². The van der Waals surface area contributed by atoms with Gasteiger partial charge in [-0.25, -0.2) is 22.5 Å². The summed E-state index contributed by atoms with van der Waals surface area (Å²) in [4.78, 5) is 38.7. The van der Waals surface area contributed by atoms with Gasteiger partial charge in [-0.15, -0.1) is 0 Å². The Morgan fingerprint density at radius 1 is 1.23 bits per heavy atom. The Morgan fingerprint density at radius 3 is 2.37 bits per heavy atom. The second kappa shape index (κ2) is 11.2. The molecule has 0 saturated heterocycles. The number of ether oxygens (including phenoxy) is 1. The highest BCUT2D eigenvalue weighted by Gasteiger charge is 2.37. The summed E-state index contributed by atoms with van der Waals surface area (Å²) in [6.07, 6.45) is 1.47. The lowest BCUT2D eigenvalue weighted by Crippen LogP contribution is -2.53. The average molecular weight is 509 g/mol. The van der Waals surface area contributed by atoms with Crippen LogP contribution in [0.25, 0.3) is 0 Å². The van der Waals surface area contributed by atoms with Gasteiger partial charge < -0.3 is 10.1 Å².